The van der Waals surface area contributed by atoms with E-state index < -0.39 is 16.8 Å². The number of allylic oxidation sites excluding steroid dienone is 1. The second kappa shape index (κ2) is 29.8. The number of likely N-dealkylation sites (tertiary alicyclic amines) is 2. The molecule has 10 nitrogen and oxygen atoms in total. The van der Waals surface area contributed by atoms with Gasteiger partial charge >= 0.3 is 31.0 Å². The normalized spacial score (nSPS) is 25.7. The fourth-order valence-electron chi connectivity index (χ4n) is 15.8. The third-order valence-electron chi connectivity index (χ3n) is 19.8. The first kappa shape index (κ1) is 69.2. The first-order valence-electron chi connectivity index (χ1n) is 32.5. The van der Waals surface area contributed by atoms with Crippen LogP contribution in [0, 0.1) is 53.4 Å². The zero-order chi connectivity index (χ0) is 61.2. The fraction of sp³-hybridized carbons (Fsp3) is 0.423. The Morgan fingerprint density at radius 3 is 1.56 bits per heavy atom. The molecular weight excluding hydrogens is 1170 g/mol. The van der Waals surface area contributed by atoms with E-state index in [-0.39, 0.29) is 55.9 Å². The van der Waals surface area contributed by atoms with Gasteiger partial charge in [0.15, 0.2) is 0 Å². The van der Waals surface area contributed by atoms with E-state index in [0.717, 1.165) is 45.9 Å². The summed E-state index contributed by atoms with van der Waals surface area (Å²) in [7, 11) is 0. The van der Waals surface area contributed by atoms with Crippen LogP contribution in [0.1, 0.15) is 109 Å². The average Bonchev–Trinajstić information content (AvgIpc) is 1.71. The van der Waals surface area contributed by atoms with Crippen molar-refractivity contribution < 1.29 is 47.8 Å². The monoisotopic (exact) mass is 1260 g/mol. The largest absolute Gasteiger partial charge is 1.00 e. The van der Waals surface area contributed by atoms with E-state index in [2.05, 4.69) is 150 Å². The molecule has 8 atom stereocenters. The molecule has 0 aromatic heterocycles. The van der Waals surface area contributed by atoms with Gasteiger partial charge in [-0.3, -0.25) is 4.79 Å². The maximum atomic E-state index is 12.3. The predicted molar refractivity (Wildman–Crippen MR) is 370 cm³/mol. The number of benzene rings is 8. The molecule has 8 aromatic carbocycles. The van der Waals surface area contributed by atoms with Crippen molar-refractivity contribution >= 4 is 91.4 Å². The molecule has 3 saturated carbocycles. The summed E-state index contributed by atoms with van der Waals surface area (Å²) in [6.45, 7) is 18.8. The maximum absolute atomic E-state index is 12.3. The number of ether oxygens (including phenoxy) is 2. The number of hydrogen-bond acceptors (Lipinski definition) is 8. The molecule has 2 amide bonds. The van der Waals surface area contributed by atoms with E-state index >= 15 is 0 Å². The minimum atomic E-state index is -0.809. The molecule has 8 aromatic rings. The second-order valence-corrected chi connectivity index (χ2v) is 28.4. The molecule has 0 spiro atoms. The number of nitrogens with zero attached hydrogens (tertiary/aromatic N) is 2. The molecule has 13 heteroatoms. The van der Waals surface area contributed by atoms with Crippen LogP contribution in [0.3, 0.4) is 0 Å². The van der Waals surface area contributed by atoms with Crippen molar-refractivity contribution in [2.75, 3.05) is 52.4 Å². The van der Waals surface area contributed by atoms with Gasteiger partial charge < -0.3 is 35.0 Å². The van der Waals surface area contributed by atoms with Gasteiger partial charge in [-0.15, -0.1) is 72.0 Å². The Morgan fingerprint density at radius 2 is 0.978 bits per heavy atom. The first-order valence-corrected chi connectivity index (χ1v) is 32.5. The van der Waals surface area contributed by atoms with Gasteiger partial charge in [-0.2, -0.15) is 0 Å². The van der Waals surface area contributed by atoms with E-state index in [1.54, 1.807) is 16.0 Å². The number of halogens is 2. The smallest absolute Gasteiger partial charge is 0.444 e. The van der Waals surface area contributed by atoms with Crippen molar-refractivity contribution in [1.82, 2.24) is 20.4 Å². The van der Waals surface area contributed by atoms with Crippen molar-refractivity contribution in [3.8, 4) is 0 Å². The van der Waals surface area contributed by atoms with Crippen molar-refractivity contribution in [3.63, 3.8) is 0 Å². The average molecular weight is 1260 g/mol. The third kappa shape index (κ3) is 16.4. The Kier molecular flexibility index (Phi) is 22.7. The summed E-state index contributed by atoms with van der Waals surface area (Å²) in [4.78, 5) is 38.9. The quantitative estimate of drug-likeness (QED) is 0.118. The molecule has 8 unspecified atom stereocenters. The van der Waals surface area contributed by atoms with Gasteiger partial charge in [0, 0.05) is 45.6 Å². The van der Waals surface area contributed by atoms with Crippen molar-refractivity contribution in [3.05, 3.63) is 199 Å². The van der Waals surface area contributed by atoms with E-state index in [9.17, 15) is 19.5 Å². The predicted octanol–water partition coefficient (Wildman–Crippen LogP) is 13.6. The Balaban J connectivity index is 0.000000137. The van der Waals surface area contributed by atoms with Crippen LogP contribution in [0.25, 0.3) is 48.7 Å². The summed E-state index contributed by atoms with van der Waals surface area (Å²) >= 11 is 0. The van der Waals surface area contributed by atoms with Gasteiger partial charge in [0.2, 0.25) is 0 Å². The Morgan fingerprint density at radius 1 is 0.516 bits per heavy atom. The molecule has 8 aliphatic rings. The van der Waals surface area contributed by atoms with E-state index in [0.29, 0.717) is 81.3 Å². The molecule has 474 valence electrons. The third-order valence-corrected chi connectivity index (χ3v) is 19.8. The standard InChI is InChI=1S/C22H27NO3.C17H19N.C17H17N.C12H19NO3.C10H7.2ClH.Li/c1-21(2,3)26-20(24)23-13-16-11-22(25,12-17(16)14-23)19-10-6-8-15-7-4-5-9-18(15)19;2*1-2-6-16-12(4-1)5-3-7-17(16)13-8-14-10-18-11-15(14)9-13;1-12(2,3)16-11(15)13-6-8-4-10(14)5-9(8)7-13;1-2-6-10-8-4-3-7-9(10)5-1;;;/h4-10,16-17,25H,11-14H2,1-3H3;1-7,13-15,18H,8-11H2;1-8,14-15,18H,9-11H2;8-9H,4-7H2,1-3H3;1-7H;2*1H;/q;;;;-1;;;+1. The van der Waals surface area contributed by atoms with Gasteiger partial charge in [0.1, 0.15) is 17.0 Å². The minimum absolute atomic E-state index is 0. The van der Waals surface area contributed by atoms with Crippen molar-refractivity contribution in [2.24, 2.45) is 47.3 Å². The molecule has 3 N–H and O–H groups in total. The summed E-state index contributed by atoms with van der Waals surface area (Å²) in [5, 5.41) is 28.8. The van der Waals surface area contributed by atoms with Gasteiger partial charge in [-0.25, -0.2) is 9.59 Å². The van der Waals surface area contributed by atoms with Crippen LogP contribution in [-0.4, -0.2) is 96.4 Å². The number of hydrogen-bond donors (Lipinski definition) is 3. The number of amides is 2. The van der Waals surface area contributed by atoms with Gasteiger partial charge in [-0.1, -0.05) is 146 Å². The molecule has 0 radical (unpaired) electrons. The number of fused-ring (bicyclic) bond motifs is 8. The number of aliphatic hydroxyl groups is 1. The summed E-state index contributed by atoms with van der Waals surface area (Å²) in [6, 6.07) is 62.8. The molecular formula is C78H91Cl2LiN4O6. The summed E-state index contributed by atoms with van der Waals surface area (Å²) in [6.07, 6.45) is 8.72. The summed E-state index contributed by atoms with van der Waals surface area (Å²) in [5.41, 5.74) is 3.89. The molecule has 4 aliphatic heterocycles. The van der Waals surface area contributed by atoms with Crippen LogP contribution in [0.4, 0.5) is 9.59 Å². The topological polar surface area (TPSA) is 120 Å². The Labute approximate surface area is 563 Å². The second-order valence-electron chi connectivity index (χ2n) is 28.4. The van der Waals surface area contributed by atoms with Crippen LogP contribution >= 0.6 is 24.8 Å². The van der Waals surface area contributed by atoms with Gasteiger partial charge in [0.25, 0.3) is 0 Å². The molecule has 16 rings (SSSR count). The van der Waals surface area contributed by atoms with Gasteiger partial charge in [0.05, 0.1) is 5.60 Å². The van der Waals surface area contributed by atoms with Crippen LogP contribution in [0.2, 0.25) is 0 Å². The zero-order valence-electron chi connectivity index (χ0n) is 54.2. The molecule has 4 aliphatic carbocycles. The Bertz CT molecular complexity index is 3720. The van der Waals surface area contributed by atoms with Crippen LogP contribution in [0.5, 0.6) is 0 Å². The number of carbonyl (C=O) groups is 3. The van der Waals surface area contributed by atoms with E-state index in [1.807, 2.05) is 88.9 Å². The number of rotatable bonds is 3. The number of Topliss-reactive ketones (excluding diaryl/α,β-unsaturated/α-hetero) is 1. The summed E-state index contributed by atoms with van der Waals surface area (Å²) in [5.74, 6) is 5.98. The zero-order valence-corrected chi connectivity index (χ0v) is 55.9. The fourth-order valence-corrected chi connectivity index (χ4v) is 15.8. The van der Waals surface area contributed by atoms with Crippen LogP contribution in [0.15, 0.2) is 176 Å². The minimum Gasteiger partial charge on any atom is -0.444 e. The van der Waals surface area contributed by atoms with Crippen molar-refractivity contribution in [1.29, 1.82) is 0 Å². The molecule has 91 heavy (non-hydrogen) atoms. The SMILES string of the molecule is C1=C(c2cccc3ccccc23)CC2CNCC12.CC(C)(C)OC(=O)N1CC2CC(=O)CC2C1.CC(C)(C)OC(=O)N1CC2CC(O)(c3cccc4ccccc34)CC2C1.Cl.Cl.[Li+].[c-]1cccc2ccccc12.c1ccc2c(C3CC4CNCC4C3)cccc2c1. The Hall–Kier alpha value is -6.19. The van der Waals surface area contributed by atoms with E-state index in [4.69, 9.17) is 9.47 Å². The molecule has 4 saturated heterocycles. The first-order chi connectivity index (χ1) is 42.4. The summed E-state index contributed by atoms with van der Waals surface area (Å²) < 4.78 is 10.8. The number of ketones is 1. The van der Waals surface area contributed by atoms with Crippen LogP contribution in [-0.2, 0) is 19.9 Å². The molecule has 4 heterocycles. The molecule has 0 bridgehead atoms. The van der Waals surface area contributed by atoms with Crippen LogP contribution < -0.4 is 29.5 Å². The molecule has 7 fully saturated rings. The maximum Gasteiger partial charge on any atom is 1.00 e. The number of carbonyl (C=O) groups excluding carboxylic acids is 3. The number of nitrogens with one attached hydrogen (secondary N) is 2. The van der Waals surface area contributed by atoms with E-state index in [1.165, 1.54) is 83.3 Å². The van der Waals surface area contributed by atoms with Crippen molar-refractivity contribution in [2.45, 2.75) is 109 Å². The van der Waals surface area contributed by atoms with Gasteiger partial charge in [-0.05, 0) is 201 Å².